The Kier molecular flexibility index (Phi) is 4.02. The summed E-state index contributed by atoms with van der Waals surface area (Å²) in [6, 6.07) is 0. The smallest absolute Gasteiger partial charge is 0.273 e. The number of aromatic amines is 1. The van der Waals surface area contributed by atoms with Crippen LogP contribution < -0.4 is 5.56 Å². The predicted molar refractivity (Wildman–Crippen MR) is 101 cm³/mol. The molecule has 2 aromatic heterocycles. The minimum absolute atomic E-state index is 0.00793. The molecule has 1 spiro atoms. The van der Waals surface area contributed by atoms with E-state index in [-0.39, 0.29) is 22.3 Å². The summed E-state index contributed by atoms with van der Waals surface area (Å²) in [5.74, 6) is 0.761. The number of nitrogens with one attached hydrogen (secondary N) is 1. The maximum atomic E-state index is 12.6. The summed E-state index contributed by atoms with van der Waals surface area (Å²) in [7, 11) is 0. The van der Waals surface area contributed by atoms with Crippen LogP contribution in [-0.4, -0.2) is 38.8 Å². The van der Waals surface area contributed by atoms with E-state index in [2.05, 4.69) is 30.7 Å². The van der Waals surface area contributed by atoms with Gasteiger partial charge >= 0.3 is 0 Å². The van der Waals surface area contributed by atoms with Gasteiger partial charge in [0.25, 0.3) is 11.5 Å². The molecular weight excluding hydrogens is 348 g/mol. The summed E-state index contributed by atoms with van der Waals surface area (Å²) in [5, 5.41) is 1.80. The summed E-state index contributed by atoms with van der Waals surface area (Å²) in [6.07, 6.45) is 3.44. The average molecular weight is 372 g/mol. The van der Waals surface area contributed by atoms with Gasteiger partial charge in [-0.1, -0.05) is 20.8 Å². The van der Waals surface area contributed by atoms with Crippen molar-refractivity contribution in [1.29, 1.82) is 0 Å². The quantitative estimate of drug-likeness (QED) is 0.835. The number of thiazole rings is 1. The Labute approximate surface area is 156 Å². The molecule has 1 aliphatic carbocycles. The molecule has 1 fully saturated rings. The molecule has 7 heteroatoms. The van der Waals surface area contributed by atoms with Crippen molar-refractivity contribution in [2.75, 3.05) is 13.1 Å². The lowest BCUT2D eigenvalue weighted by molar-refractivity contribution is 0.0658. The lowest BCUT2D eigenvalue weighted by Crippen LogP contribution is -2.45. The Morgan fingerprint density at radius 3 is 2.62 bits per heavy atom. The van der Waals surface area contributed by atoms with E-state index < -0.39 is 0 Å². The van der Waals surface area contributed by atoms with Gasteiger partial charge in [-0.25, -0.2) is 9.97 Å². The number of carbonyl (C=O) groups excluding carboxylic acids is 1. The third-order valence-electron chi connectivity index (χ3n) is 5.74. The Morgan fingerprint density at radius 1 is 1.27 bits per heavy atom. The molecular formula is C19H24N4O2S. The van der Waals surface area contributed by atoms with Crippen LogP contribution in [0.15, 0.2) is 15.7 Å². The number of rotatable bonds is 1. The molecule has 1 aliphatic heterocycles. The van der Waals surface area contributed by atoms with Crippen LogP contribution in [0.2, 0.25) is 0 Å². The van der Waals surface area contributed by atoms with Crippen molar-refractivity contribution in [3.05, 3.63) is 44.0 Å². The molecule has 0 saturated carbocycles. The van der Waals surface area contributed by atoms with Crippen LogP contribution in [0.4, 0.5) is 0 Å². The zero-order valence-electron chi connectivity index (χ0n) is 15.5. The molecule has 1 saturated heterocycles. The molecule has 3 heterocycles. The van der Waals surface area contributed by atoms with Crippen molar-refractivity contribution in [2.24, 2.45) is 0 Å². The van der Waals surface area contributed by atoms with Crippen molar-refractivity contribution in [2.45, 2.75) is 57.3 Å². The number of hydrogen-bond acceptors (Lipinski definition) is 5. The molecule has 1 N–H and O–H groups in total. The highest BCUT2D eigenvalue weighted by Gasteiger charge is 2.45. The molecule has 138 valence electrons. The van der Waals surface area contributed by atoms with E-state index in [0.717, 1.165) is 42.8 Å². The molecule has 6 nitrogen and oxygen atoms in total. The van der Waals surface area contributed by atoms with Gasteiger partial charge in [0.1, 0.15) is 11.5 Å². The average Bonchev–Trinajstić information content (AvgIpc) is 3.24. The van der Waals surface area contributed by atoms with Gasteiger partial charge in [-0.05, 0) is 25.7 Å². The Balaban J connectivity index is 1.61. The van der Waals surface area contributed by atoms with Crippen LogP contribution >= 0.6 is 11.3 Å². The third kappa shape index (κ3) is 2.78. The third-order valence-corrected chi connectivity index (χ3v) is 6.33. The largest absolute Gasteiger partial charge is 0.337 e. The first kappa shape index (κ1) is 17.4. The first-order valence-corrected chi connectivity index (χ1v) is 10.1. The fourth-order valence-corrected chi connectivity index (χ4v) is 4.64. The maximum Gasteiger partial charge on any atom is 0.273 e. The molecule has 0 atom stereocenters. The summed E-state index contributed by atoms with van der Waals surface area (Å²) in [6.45, 7) is 7.57. The van der Waals surface area contributed by atoms with E-state index in [1.165, 1.54) is 11.3 Å². The zero-order valence-corrected chi connectivity index (χ0v) is 16.3. The normalized spacial score (nSPS) is 19.0. The minimum atomic E-state index is -0.195. The summed E-state index contributed by atoms with van der Waals surface area (Å²) >= 11 is 1.44. The van der Waals surface area contributed by atoms with Gasteiger partial charge in [-0.15, -0.1) is 11.3 Å². The molecule has 0 radical (unpaired) electrons. The Bertz CT molecular complexity index is 887. The Hall–Kier alpha value is -2.02. The van der Waals surface area contributed by atoms with Gasteiger partial charge in [0.2, 0.25) is 0 Å². The van der Waals surface area contributed by atoms with E-state index in [9.17, 15) is 9.59 Å². The number of likely N-dealkylation sites (tertiary alicyclic amines) is 1. The summed E-state index contributed by atoms with van der Waals surface area (Å²) < 4.78 is 0. The van der Waals surface area contributed by atoms with E-state index >= 15 is 0 Å². The number of H-pyrrole nitrogens is 1. The second-order valence-electron chi connectivity index (χ2n) is 8.44. The molecule has 4 rings (SSSR count). The van der Waals surface area contributed by atoms with Gasteiger partial charge in [-0.3, -0.25) is 9.59 Å². The van der Waals surface area contributed by atoms with Crippen LogP contribution in [0.5, 0.6) is 0 Å². The zero-order chi connectivity index (χ0) is 18.5. The first-order chi connectivity index (χ1) is 12.3. The van der Waals surface area contributed by atoms with Gasteiger partial charge < -0.3 is 9.88 Å². The molecule has 26 heavy (non-hydrogen) atoms. The van der Waals surface area contributed by atoms with Crippen molar-refractivity contribution in [3.8, 4) is 0 Å². The fourth-order valence-electron chi connectivity index (χ4n) is 4.11. The topological polar surface area (TPSA) is 79.0 Å². The summed E-state index contributed by atoms with van der Waals surface area (Å²) in [5.41, 5.74) is 3.79. The van der Waals surface area contributed by atoms with Crippen LogP contribution in [0.3, 0.4) is 0 Å². The van der Waals surface area contributed by atoms with E-state index in [1.54, 1.807) is 10.9 Å². The maximum absolute atomic E-state index is 12.6. The molecule has 0 bridgehead atoms. The number of nitrogens with zero attached hydrogens (tertiary/aromatic N) is 3. The fraction of sp³-hybridized carbons (Fsp3) is 0.579. The van der Waals surface area contributed by atoms with Crippen LogP contribution in [0.1, 0.15) is 67.6 Å². The van der Waals surface area contributed by atoms with Gasteiger partial charge in [-0.2, -0.15) is 0 Å². The SMILES string of the molecule is CC(C)(C)c1nc2c(c(=O)[nH]1)CCC21CCN(C(=O)c2cscn2)CC1. The number of hydrogen-bond donors (Lipinski definition) is 1. The minimum Gasteiger partial charge on any atom is -0.337 e. The first-order valence-electron chi connectivity index (χ1n) is 9.12. The van der Waals surface area contributed by atoms with Crippen molar-refractivity contribution in [3.63, 3.8) is 0 Å². The van der Waals surface area contributed by atoms with Gasteiger partial charge in [0, 0.05) is 34.9 Å². The highest BCUT2D eigenvalue weighted by molar-refractivity contribution is 7.07. The molecule has 2 aliphatic rings. The molecule has 1 amide bonds. The number of aromatic nitrogens is 3. The van der Waals surface area contributed by atoms with Crippen LogP contribution in [0.25, 0.3) is 0 Å². The number of amides is 1. The highest BCUT2D eigenvalue weighted by Crippen LogP contribution is 2.44. The number of carbonyl (C=O) groups is 1. The second-order valence-corrected chi connectivity index (χ2v) is 9.16. The standard InChI is InChI=1S/C19H24N4O2S/c1-18(2,3)17-21-14-12(15(24)22-17)4-5-19(14)6-8-23(9-7-19)16(25)13-10-26-11-20-13/h10-11H,4-9H2,1-3H3,(H,21,22,24). The number of fused-ring (bicyclic) bond motifs is 2. The van der Waals surface area contributed by atoms with Crippen molar-refractivity contribution < 1.29 is 4.79 Å². The van der Waals surface area contributed by atoms with Crippen LogP contribution in [-0.2, 0) is 17.3 Å². The van der Waals surface area contributed by atoms with Crippen LogP contribution in [0, 0.1) is 0 Å². The highest BCUT2D eigenvalue weighted by atomic mass is 32.1. The molecule has 0 aromatic carbocycles. The van der Waals surface area contributed by atoms with Crippen molar-refractivity contribution >= 4 is 17.2 Å². The summed E-state index contributed by atoms with van der Waals surface area (Å²) in [4.78, 5) is 39.0. The monoisotopic (exact) mass is 372 g/mol. The van der Waals surface area contributed by atoms with E-state index in [1.807, 2.05) is 4.90 Å². The molecule has 0 unspecified atom stereocenters. The lowest BCUT2D eigenvalue weighted by Gasteiger charge is -2.39. The van der Waals surface area contributed by atoms with Crippen molar-refractivity contribution in [1.82, 2.24) is 19.9 Å². The van der Waals surface area contributed by atoms with E-state index in [0.29, 0.717) is 18.8 Å². The van der Waals surface area contributed by atoms with E-state index in [4.69, 9.17) is 4.98 Å². The molecule has 2 aromatic rings. The van der Waals surface area contributed by atoms with Gasteiger partial charge in [0.15, 0.2) is 0 Å². The second kappa shape index (κ2) is 6.01. The van der Waals surface area contributed by atoms with Gasteiger partial charge in [0.05, 0.1) is 11.2 Å². The number of piperidine rings is 1. The lowest BCUT2D eigenvalue weighted by atomic mass is 9.76. The predicted octanol–water partition coefficient (Wildman–Crippen LogP) is 2.64. The Morgan fingerprint density at radius 2 is 2.00 bits per heavy atom.